The number of amides is 1. The average Bonchev–Trinajstić information content (AvgIpc) is 2.02. The summed E-state index contributed by atoms with van der Waals surface area (Å²) in [6, 6.07) is 0. The first-order valence-electron chi connectivity index (χ1n) is 4.64. The molecule has 0 saturated carbocycles. The number of carbonyl (C=O) groups is 1. The van der Waals surface area contributed by atoms with Gasteiger partial charge in [0.2, 0.25) is 5.91 Å². The molecule has 0 aromatic rings. The molecule has 0 aliphatic rings. The molecule has 3 heteroatoms. The molecule has 0 aliphatic heterocycles. The van der Waals surface area contributed by atoms with Crippen LogP contribution >= 0.6 is 15.9 Å². The summed E-state index contributed by atoms with van der Waals surface area (Å²) in [4.78, 5) is 11.7. The lowest BCUT2D eigenvalue weighted by molar-refractivity contribution is -0.130. The Labute approximate surface area is 89.6 Å². The van der Waals surface area contributed by atoms with Gasteiger partial charge in [-0.1, -0.05) is 43.6 Å². The molecular weight excluding hydrogens is 230 g/mol. The van der Waals surface area contributed by atoms with E-state index in [-0.39, 0.29) is 16.9 Å². The summed E-state index contributed by atoms with van der Waals surface area (Å²) >= 11 is 3.41. The van der Waals surface area contributed by atoms with E-state index in [9.17, 15) is 4.79 Å². The van der Waals surface area contributed by atoms with E-state index < -0.39 is 0 Å². The van der Waals surface area contributed by atoms with Crippen LogP contribution in [-0.2, 0) is 4.79 Å². The summed E-state index contributed by atoms with van der Waals surface area (Å²) in [5, 5.41) is 3.84. The lowest BCUT2D eigenvalue weighted by Crippen LogP contribution is -2.50. The van der Waals surface area contributed by atoms with E-state index >= 15 is 0 Å². The molecule has 1 unspecified atom stereocenters. The van der Waals surface area contributed by atoms with E-state index in [4.69, 9.17) is 0 Å². The van der Waals surface area contributed by atoms with E-state index in [2.05, 4.69) is 28.2 Å². The van der Waals surface area contributed by atoms with Gasteiger partial charge in [0.25, 0.3) is 0 Å². The SMILES string of the molecule is CCC(C)(CBr)NC(=O)C(C)(C)C. The van der Waals surface area contributed by atoms with Crippen LogP contribution in [0.25, 0.3) is 0 Å². The van der Waals surface area contributed by atoms with Crippen LogP contribution in [0.2, 0.25) is 0 Å². The highest BCUT2D eigenvalue weighted by atomic mass is 79.9. The van der Waals surface area contributed by atoms with E-state index in [1.54, 1.807) is 0 Å². The Morgan fingerprint density at radius 1 is 1.31 bits per heavy atom. The minimum atomic E-state index is -0.307. The topological polar surface area (TPSA) is 29.1 Å². The highest BCUT2D eigenvalue weighted by Crippen LogP contribution is 2.18. The number of rotatable bonds is 3. The van der Waals surface area contributed by atoms with Gasteiger partial charge in [-0.05, 0) is 13.3 Å². The Bertz CT molecular complexity index is 180. The third-order valence-corrected chi connectivity index (χ3v) is 3.41. The lowest BCUT2D eigenvalue weighted by atomic mass is 9.92. The zero-order valence-corrected chi connectivity index (χ0v) is 10.8. The average molecular weight is 250 g/mol. The van der Waals surface area contributed by atoms with Crippen molar-refractivity contribution in [3.63, 3.8) is 0 Å². The van der Waals surface area contributed by atoms with Crippen molar-refractivity contribution in [1.29, 1.82) is 0 Å². The maximum Gasteiger partial charge on any atom is 0.225 e. The first kappa shape index (κ1) is 12.9. The second-order valence-electron chi connectivity index (χ2n) is 4.75. The molecule has 0 rings (SSSR count). The molecule has 13 heavy (non-hydrogen) atoms. The predicted molar refractivity (Wildman–Crippen MR) is 60.1 cm³/mol. The lowest BCUT2D eigenvalue weighted by Gasteiger charge is -2.31. The Morgan fingerprint density at radius 3 is 2.00 bits per heavy atom. The van der Waals surface area contributed by atoms with Crippen LogP contribution in [0, 0.1) is 5.41 Å². The fraction of sp³-hybridized carbons (Fsp3) is 0.900. The highest BCUT2D eigenvalue weighted by Gasteiger charge is 2.29. The van der Waals surface area contributed by atoms with Gasteiger partial charge in [-0.3, -0.25) is 4.79 Å². The zero-order chi connectivity index (χ0) is 10.7. The highest BCUT2D eigenvalue weighted by molar-refractivity contribution is 9.09. The fourth-order valence-corrected chi connectivity index (χ4v) is 1.21. The Kier molecular flexibility index (Phi) is 4.43. The standard InChI is InChI=1S/C10H20BrNO/c1-6-10(5,7-11)12-8(13)9(2,3)4/h6-7H2,1-5H3,(H,12,13). The quantitative estimate of drug-likeness (QED) is 0.766. The molecule has 78 valence electrons. The second-order valence-corrected chi connectivity index (χ2v) is 5.31. The van der Waals surface area contributed by atoms with Gasteiger partial charge in [0, 0.05) is 16.3 Å². The summed E-state index contributed by atoms with van der Waals surface area (Å²) in [5.74, 6) is 0.108. The van der Waals surface area contributed by atoms with E-state index in [0.717, 1.165) is 11.8 Å². The first-order chi connectivity index (χ1) is 5.75. The largest absolute Gasteiger partial charge is 0.350 e. The van der Waals surface area contributed by atoms with Gasteiger partial charge in [0.15, 0.2) is 0 Å². The van der Waals surface area contributed by atoms with Crippen LogP contribution in [0.3, 0.4) is 0 Å². The Morgan fingerprint density at radius 2 is 1.77 bits per heavy atom. The molecular formula is C10H20BrNO. The molecule has 2 nitrogen and oxygen atoms in total. The molecule has 0 radical (unpaired) electrons. The zero-order valence-electron chi connectivity index (χ0n) is 9.20. The summed E-state index contributed by atoms with van der Waals surface area (Å²) in [5.41, 5.74) is -0.428. The minimum absolute atomic E-state index is 0.108. The molecule has 0 bridgehead atoms. The number of hydrogen-bond donors (Lipinski definition) is 1. The van der Waals surface area contributed by atoms with Gasteiger partial charge >= 0.3 is 0 Å². The summed E-state index contributed by atoms with van der Waals surface area (Å²) in [7, 11) is 0. The van der Waals surface area contributed by atoms with Gasteiger partial charge in [-0.2, -0.15) is 0 Å². The van der Waals surface area contributed by atoms with E-state index in [1.165, 1.54) is 0 Å². The van der Waals surface area contributed by atoms with Gasteiger partial charge in [0.05, 0.1) is 0 Å². The Balaban J connectivity index is 4.35. The van der Waals surface area contributed by atoms with Gasteiger partial charge in [0.1, 0.15) is 0 Å². The molecule has 0 spiro atoms. The Hall–Kier alpha value is -0.0500. The molecule has 0 aliphatic carbocycles. The van der Waals surface area contributed by atoms with Crippen molar-refractivity contribution >= 4 is 21.8 Å². The van der Waals surface area contributed by atoms with Crippen LogP contribution < -0.4 is 5.32 Å². The van der Waals surface area contributed by atoms with Crippen molar-refractivity contribution in [2.24, 2.45) is 5.41 Å². The van der Waals surface area contributed by atoms with Crippen LogP contribution in [0.5, 0.6) is 0 Å². The van der Waals surface area contributed by atoms with Crippen molar-refractivity contribution in [3.8, 4) is 0 Å². The third kappa shape index (κ3) is 4.12. The number of alkyl halides is 1. The molecule has 1 amide bonds. The normalized spacial score (nSPS) is 16.5. The van der Waals surface area contributed by atoms with Gasteiger partial charge < -0.3 is 5.32 Å². The maximum absolute atomic E-state index is 11.7. The fourth-order valence-electron chi connectivity index (χ4n) is 0.678. The molecule has 0 saturated heterocycles. The third-order valence-electron chi connectivity index (χ3n) is 2.17. The van der Waals surface area contributed by atoms with E-state index in [0.29, 0.717) is 0 Å². The van der Waals surface area contributed by atoms with Crippen LogP contribution in [0.15, 0.2) is 0 Å². The van der Waals surface area contributed by atoms with E-state index in [1.807, 2.05) is 27.7 Å². The molecule has 1 N–H and O–H groups in total. The van der Waals surface area contributed by atoms with Crippen molar-refractivity contribution < 1.29 is 4.79 Å². The smallest absolute Gasteiger partial charge is 0.225 e. The van der Waals surface area contributed by atoms with Crippen molar-refractivity contribution in [3.05, 3.63) is 0 Å². The van der Waals surface area contributed by atoms with Crippen molar-refractivity contribution in [2.45, 2.75) is 46.6 Å². The predicted octanol–water partition coefficient (Wildman–Crippen LogP) is 2.71. The number of nitrogens with one attached hydrogen (secondary N) is 1. The summed E-state index contributed by atoms with van der Waals surface area (Å²) < 4.78 is 0. The van der Waals surface area contributed by atoms with Crippen LogP contribution in [0.4, 0.5) is 0 Å². The van der Waals surface area contributed by atoms with Crippen LogP contribution in [-0.4, -0.2) is 16.8 Å². The number of carbonyl (C=O) groups excluding carboxylic acids is 1. The first-order valence-corrected chi connectivity index (χ1v) is 5.76. The molecule has 0 heterocycles. The summed E-state index contributed by atoms with van der Waals surface area (Å²) in [6.45, 7) is 9.89. The molecule has 1 atom stereocenters. The molecule has 0 aromatic carbocycles. The van der Waals surface area contributed by atoms with Crippen LogP contribution in [0.1, 0.15) is 41.0 Å². The number of halogens is 1. The maximum atomic E-state index is 11.7. The monoisotopic (exact) mass is 249 g/mol. The molecule has 0 fully saturated rings. The molecule has 0 aromatic heterocycles. The van der Waals surface area contributed by atoms with Crippen molar-refractivity contribution in [2.75, 3.05) is 5.33 Å². The van der Waals surface area contributed by atoms with Gasteiger partial charge in [-0.25, -0.2) is 0 Å². The van der Waals surface area contributed by atoms with Gasteiger partial charge in [-0.15, -0.1) is 0 Å². The van der Waals surface area contributed by atoms with Crippen molar-refractivity contribution in [1.82, 2.24) is 5.32 Å². The summed E-state index contributed by atoms with van der Waals surface area (Å²) in [6.07, 6.45) is 0.931. The second kappa shape index (κ2) is 4.45. The number of hydrogen-bond acceptors (Lipinski definition) is 1. The minimum Gasteiger partial charge on any atom is -0.350 e.